The number of nitrogens with zero attached hydrogens (tertiary/aromatic N) is 1. The Hall–Kier alpha value is -2.13. The molecule has 2 aromatic rings. The van der Waals surface area contributed by atoms with E-state index in [4.69, 9.17) is 4.74 Å². The molecule has 0 bridgehead atoms. The standard InChI is InChI=1S/C22H25NO2/c24-21-11-13-22(19-7-3-1-4-8-19,20-9-5-2-6-10-20)17-23(21)15-18-12-14-25-16-18/h1-10,18H,11-17H2. The van der Waals surface area contributed by atoms with E-state index >= 15 is 0 Å². The minimum atomic E-state index is -0.115. The fraction of sp³-hybridized carbons (Fsp3) is 0.409. The Balaban J connectivity index is 1.69. The van der Waals surface area contributed by atoms with Gasteiger partial charge in [-0.15, -0.1) is 0 Å². The van der Waals surface area contributed by atoms with Crippen molar-refractivity contribution in [3.05, 3.63) is 71.8 Å². The highest BCUT2D eigenvalue weighted by atomic mass is 16.5. The van der Waals surface area contributed by atoms with Gasteiger partial charge in [-0.25, -0.2) is 0 Å². The maximum atomic E-state index is 12.6. The molecule has 1 amide bonds. The van der Waals surface area contributed by atoms with Crippen LogP contribution in [-0.2, 0) is 14.9 Å². The zero-order chi connectivity index (χ0) is 17.1. The molecular weight excluding hydrogens is 310 g/mol. The van der Waals surface area contributed by atoms with E-state index in [9.17, 15) is 4.79 Å². The Morgan fingerprint density at radius 2 is 1.64 bits per heavy atom. The molecule has 2 aliphatic rings. The summed E-state index contributed by atoms with van der Waals surface area (Å²) < 4.78 is 5.52. The highest BCUT2D eigenvalue weighted by Gasteiger charge is 2.42. The summed E-state index contributed by atoms with van der Waals surface area (Å²) >= 11 is 0. The van der Waals surface area contributed by atoms with Crippen LogP contribution in [0.2, 0.25) is 0 Å². The molecule has 3 nitrogen and oxygen atoms in total. The van der Waals surface area contributed by atoms with Gasteiger partial charge in [-0.05, 0) is 24.0 Å². The molecule has 0 spiro atoms. The quantitative estimate of drug-likeness (QED) is 0.854. The molecule has 0 aliphatic carbocycles. The zero-order valence-corrected chi connectivity index (χ0v) is 14.6. The maximum absolute atomic E-state index is 12.6. The molecule has 0 saturated carbocycles. The Labute approximate surface area is 149 Å². The van der Waals surface area contributed by atoms with Crippen LogP contribution in [0.5, 0.6) is 0 Å². The molecule has 2 heterocycles. The second-order valence-electron chi connectivity index (χ2n) is 7.32. The minimum absolute atomic E-state index is 0.115. The molecule has 2 fully saturated rings. The highest BCUT2D eigenvalue weighted by molar-refractivity contribution is 5.78. The molecule has 0 radical (unpaired) electrons. The third-order valence-electron chi connectivity index (χ3n) is 5.73. The Bertz CT molecular complexity index is 668. The summed E-state index contributed by atoms with van der Waals surface area (Å²) in [5.74, 6) is 0.765. The first-order valence-corrected chi connectivity index (χ1v) is 9.24. The number of rotatable bonds is 4. The molecule has 3 heteroatoms. The molecule has 2 saturated heterocycles. The van der Waals surface area contributed by atoms with E-state index in [0.29, 0.717) is 12.3 Å². The van der Waals surface area contributed by atoms with Gasteiger partial charge >= 0.3 is 0 Å². The van der Waals surface area contributed by atoms with Crippen LogP contribution in [0, 0.1) is 5.92 Å². The van der Waals surface area contributed by atoms with Crippen molar-refractivity contribution < 1.29 is 9.53 Å². The molecule has 0 N–H and O–H groups in total. The normalized spacial score (nSPS) is 23.0. The van der Waals surface area contributed by atoms with Crippen molar-refractivity contribution in [2.75, 3.05) is 26.3 Å². The number of carbonyl (C=O) groups is 1. The van der Waals surface area contributed by atoms with Crippen LogP contribution in [0.25, 0.3) is 0 Å². The number of piperidine rings is 1. The van der Waals surface area contributed by atoms with E-state index in [2.05, 4.69) is 65.6 Å². The van der Waals surface area contributed by atoms with Crippen molar-refractivity contribution in [3.8, 4) is 0 Å². The molecule has 2 aliphatic heterocycles. The van der Waals surface area contributed by atoms with Crippen molar-refractivity contribution in [3.63, 3.8) is 0 Å². The molecule has 1 atom stereocenters. The first-order valence-electron chi connectivity index (χ1n) is 9.24. The monoisotopic (exact) mass is 335 g/mol. The zero-order valence-electron chi connectivity index (χ0n) is 14.6. The van der Waals surface area contributed by atoms with E-state index in [1.807, 2.05) is 0 Å². The molecule has 25 heavy (non-hydrogen) atoms. The SMILES string of the molecule is O=C1CCC(c2ccccc2)(c2ccccc2)CN1CC1CCOC1. The molecule has 1 unspecified atom stereocenters. The number of likely N-dealkylation sites (tertiary alicyclic amines) is 1. The van der Waals surface area contributed by atoms with Gasteiger partial charge in [0.25, 0.3) is 0 Å². The van der Waals surface area contributed by atoms with Crippen molar-refractivity contribution in [2.24, 2.45) is 5.92 Å². The number of amides is 1. The van der Waals surface area contributed by atoms with Gasteiger partial charge in [-0.2, -0.15) is 0 Å². The predicted octanol–water partition coefficient (Wildman–Crippen LogP) is 3.63. The van der Waals surface area contributed by atoms with Crippen LogP contribution < -0.4 is 0 Å². The molecule has 130 valence electrons. The number of carbonyl (C=O) groups excluding carboxylic acids is 1. The van der Waals surface area contributed by atoms with Gasteiger partial charge in [0.2, 0.25) is 5.91 Å². The third-order valence-corrected chi connectivity index (χ3v) is 5.73. The Morgan fingerprint density at radius 3 is 2.20 bits per heavy atom. The van der Waals surface area contributed by atoms with E-state index in [-0.39, 0.29) is 11.3 Å². The van der Waals surface area contributed by atoms with Gasteiger partial charge in [0.15, 0.2) is 0 Å². The van der Waals surface area contributed by atoms with Crippen LogP contribution in [0.3, 0.4) is 0 Å². The van der Waals surface area contributed by atoms with Crippen LogP contribution in [-0.4, -0.2) is 37.1 Å². The smallest absolute Gasteiger partial charge is 0.222 e. The van der Waals surface area contributed by atoms with Gasteiger partial charge in [0, 0.05) is 37.5 Å². The fourth-order valence-corrected chi connectivity index (χ4v) is 4.33. The predicted molar refractivity (Wildman–Crippen MR) is 98.4 cm³/mol. The molecule has 4 rings (SSSR count). The van der Waals surface area contributed by atoms with Gasteiger partial charge < -0.3 is 9.64 Å². The van der Waals surface area contributed by atoms with Crippen molar-refractivity contribution in [1.29, 1.82) is 0 Å². The van der Waals surface area contributed by atoms with E-state index in [1.54, 1.807) is 0 Å². The van der Waals surface area contributed by atoms with Gasteiger partial charge in [0.1, 0.15) is 0 Å². The Morgan fingerprint density at radius 1 is 1.00 bits per heavy atom. The average molecular weight is 335 g/mol. The second-order valence-corrected chi connectivity index (χ2v) is 7.32. The summed E-state index contributed by atoms with van der Waals surface area (Å²) in [6.45, 7) is 3.19. The molecule has 0 aromatic heterocycles. The summed E-state index contributed by atoms with van der Waals surface area (Å²) in [7, 11) is 0. The Kier molecular flexibility index (Phi) is 4.58. The fourth-order valence-electron chi connectivity index (χ4n) is 4.33. The lowest BCUT2D eigenvalue weighted by molar-refractivity contribution is -0.135. The summed E-state index contributed by atoms with van der Waals surface area (Å²) in [5, 5.41) is 0. The van der Waals surface area contributed by atoms with Crippen molar-refractivity contribution in [2.45, 2.75) is 24.7 Å². The number of hydrogen-bond donors (Lipinski definition) is 0. The molecular formula is C22H25NO2. The lowest BCUT2D eigenvalue weighted by Gasteiger charge is -2.44. The van der Waals surface area contributed by atoms with E-state index < -0.39 is 0 Å². The number of benzene rings is 2. The van der Waals surface area contributed by atoms with E-state index in [0.717, 1.165) is 39.1 Å². The van der Waals surface area contributed by atoms with E-state index in [1.165, 1.54) is 11.1 Å². The first-order chi connectivity index (χ1) is 12.3. The van der Waals surface area contributed by atoms with Gasteiger partial charge in [-0.3, -0.25) is 4.79 Å². The first kappa shape index (κ1) is 16.3. The minimum Gasteiger partial charge on any atom is -0.381 e. The topological polar surface area (TPSA) is 29.5 Å². The summed E-state index contributed by atoms with van der Waals surface area (Å²) in [6.07, 6.45) is 2.54. The number of hydrogen-bond acceptors (Lipinski definition) is 2. The van der Waals surface area contributed by atoms with Crippen molar-refractivity contribution >= 4 is 5.91 Å². The van der Waals surface area contributed by atoms with Gasteiger partial charge in [-0.1, -0.05) is 60.7 Å². The number of ether oxygens (including phenoxy) is 1. The van der Waals surface area contributed by atoms with Crippen LogP contribution in [0.1, 0.15) is 30.4 Å². The van der Waals surface area contributed by atoms with Gasteiger partial charge in [0.05, 0.1) is 6.61 Å². The largest absolute Gasteiger partial charge is 0.381 e. The van der Waals surface area contributed by atoms with Crippen LogP contribution in [0.15, 0.2) is 60.7 Å². The highest BCUT2D eigenvalue weighted by Crippen LogP contribution is 2.41. The molecule has 2 aromatic carbocycles. The van der Waals surface area contributed by atoms with Crippen LogP contribution in [0.4, 0.5) is 0 Å². The summed E-state index contributed by atoms with van der Waals surface area (Å²) in [4.78, 5) is 14.7. The lowest BCUT2D eigenvalue weighted by atomic mass is 9.69. The third kappa shape index (κ3) is 3.21. The van der Waals surface area contributed by atoms with Crippen molar-refractivity contribution in [1.82, 2.24) is 4.90 Å². The van der Waals surface area contributed by atoms with Crippen LogP contribution >= 0.6 is 0 Å². The summed E-state index contributed by atoms with van der Waals surface area (Å²) in [6, 6.07) is 21.4. The average Bonchev–Trinajstić information content (AvgIpc) is 3.18. The maximum Gasteiger partial charge on any atom is 0.222 e. The lowest BCUT2D eigenvalue weighted by Crippen LogP contribution is -2.51. The summed E-state index contributed by atoms with van der Waals surface area (Å²) in [5.41, 5.74) is 2.50. The second kappa shape index (κ2) is 7.01.